The second-order valence-corrected chi connectivity index (χ2v) is 7.41. The first kappa shape index (κ1) is 19.2. The highest BCUT2D eigenvalue weighted by Gasteiger charge is 2.26. The van der Waals surface area contributed by atoms with E-state index in [0.717, 1.165) is 22.5 Å². The van der Waals surface area contributed by atoms with Crippen molar-refractivity contribution in [3.8, 4) is 0 Å². The second-order valence-electron chi connectivity index (χ2n) is 6.97. The van der Waals surface area contributed by atoms with Gasteiger partial charge in [-0.05, 0) is 29.3 Å². The number of carbonyl (C=O) groups is 1. The van der Waals surface area contributed by atoms with Crippen LogP contribution in [-0.2, 0) is 4.79 Å². The molecule has 3 aromatic rings. The number of aliphatic imine (C=N–C) groups is 1. The summed E-state index contributed by atoms with van der Waals surface area (Å²) in [5, 5.41) is 4.00. The molecule has 3 nitrogen and oxygen atoms in total. The van der Waals surface area contributed by atoms with Crippen LogP contribution in [0.5, 0.6) is 0 Å². The van der Waals surface area contributed by atoms with Crippen LogP contribution in [0.3, 0.4) is 0 Å². The Balaban J connectivity index is 1.61. The third kappa shape index (κ3) is 4.64. The fraction of sp³-hybridized carbons (Fsp3) is 0.120. The molecule has 3 aromatic carbocycles. The number of nitrogens with zero attached hydrogens (tertiary/aromatic N) is 1. The zero-order valence-electron chi connectivity index (χ0n) is 15.9. The highest BCUT2D eigenvalue weighted by Crippen LogP contribution is 2.24. The van der Waals surface area contributed by atoms with Crippen LogP contribution < -0.4 is 5.32 Å². The van der Waals surface area contributed by atoms with E-state index in [4.69, 9.17) is 11.6 Å². The Hall–Kier alpha value is -3.17. The van der Waals surface area contributed by atoms with E-state index in [-0.39, 0.29) is 11.7 Å². The number of allylic oxidation sites excluding steroid dienone is 1. The van der Waals surface area contributed by atoms with Gasteiger partial charge in [-0.25, -0.2) is 0 Å². The first-order valence-electron chi connectivity index (χ1n) is 9.61. The van der Waals surface area contributed by atoms with Crippen LogP contribution in [0.1, 0.15) is 16.7 Å². The van der Waals surface area contributed by atoms with Gasteiger partial charge in [0.25, 0.3) is 0 Å². The molecule has 0 amide bonds. The normalized spacial score (nSPS) is 16.7. The van der Waals surface area contributed by atoms with Gasteiger partial charge in [-0.1, -0.05) is 84.4 Å². The SMILES string of the molecule is O=C(/C(=C/c1ccc(Cl)cc1)c1ccccc1)C1CN=C(c2ccccc2)NC1. The summed E-state index contributed by atoms with van der Waals surface area (Å²) in [7, 11) is 0. The van der Waals surface area contributed by atoms with Crippen molar-refractivity contribution in [2.24, 2.45) is 10.9 Å². The maximum Gasteiger partial charge on any atom is 0.170 e. The predicted octanol–water partition coefficient (Wildman–Crippen LogP) is 5.12. The fourth-order valence-electron chi connectivity index (χ4n) is 3.37. The number of benzene rings is 3. The maximum atomic E-state index is 13.4. The molecule has 1 unspecified atom stereocenters. The van der Waals surface area contributed by atoms with Gasteiger partial charge in [-0.2, -0.15) is 0 Å². The van der Waals surface area contributed by atoms with E-state index in [1.807, 2.05) is 91.0 Å². The summed E-state index contributed by atoms with van der Waals surface area (Å²) in [5.41, 5.74) is 3.58. The lowest BCUT2D eigenvalue weighted by Crippen LogP contribution is -2.40. The molecule has 0 fully saturated rings. The van der Waals surface area contributed by atoms with Gasteiger partial charge in [0.1, 0.15) is 5.84 Å². The first-order chi connectivity index (χ1) is 14.2. The molecule has 0 aliphatic carbocycles. The van der Waals surface area contributed by atoms with Gasteiger partial charge in [0.05, 0.1) is 12.5 Å². The molecule has 0 saturated heterocycles. The smallest absolute Gasteiger partial charge is 0.170 e. The molecule has 1 heterocycles. The van der Waals surface area contributed by atoms with E-state index >= 15 is 0 Å². The Morgan fingerprint density at radius 1 is 0.931 bits per heavy atom. The summed E-state index contributed by atoms with van der Waals surface area (Å²) in [6.07, 6.45) is 1.93. The molecular formula is C25H21ClN2O. The molecule has 1 atom stereocenters. The van der Waals surface area contributed by atoms with Gasteiger partial charge < -0.3 is 5.32 Å². The quantitative estimate of drug-likeness (QED) is 0.477. The van der Waals surface area contributed by atoms with Crippen molar-refractivity contribution in [1.82, 2.24) is 5.32 Å². The summed E-state index contributed by atoms with van der Waals surface area (Å²) >= 11 is 6.00. The van der Waals surface area contributed by atoms with Crippen LogP contribution >= 0.6 is 11.6 Å². The molecule has 0 aromatic heterocycles. The van der Waals surface area contributed by atoms with Gasteiger partial charge in [0.15, 0.2) is 5.78 Å². The van der Waals surface area contributed by atoms with Crippen LogP contribution in [0.4, 0.5) is 0 Å². The van der Waals surface area contributed by atoms with Crippen LogP contribution in [0.2, 0.25) is 5.02 Å². The molecule has 0 bridgehead atoms. The Morgan fingerprint density at radius 3 is 2.21 bits per heavy atom. The van der Waals surface area contributed by atoms with Crippen LogP contribution in [0, 0.1) is 5.92 Å². The summed E-state index contributed by atoms with van der Waals surface area (Å²) in [5.74, 6) is 0.730. The number of hydrogen-bond donors (Lipinski definition) is 1. The van der Waals surface area contributed by atoms with Gasteiger partial charge >= 0.3 is 0 Å². The molecule has 29 heavy (non-hydrogen) atoms. The van der Waals surface area contributed by atoms with Crippen LogP contribution in [-0.4, -0.2) is 24.7 Å². The van der Waals surface area contributed by atoms with Crippen molar-refractivity contribution in [3.63, 3.8) is 0 Å². The largest absolute Gasteiger partial charge is 0.369 e. The van der Waals surface area contributed by atoms with Crippen LogP contribution in [0.25, 0.3) is 11.6 Å². The van der Waals surface area contributed by atoms with Crippen molar-refractivity contribution in [3.05, 3.63) is 107 Å². The highest BCUT2D eigenvalue weighted by molar-refractivity contribution is 6.30. The molecule has 0 radical (unpaired) electrons. The fourth-order valence-corrected chi connectivity index (χ4v) is 3.49. The lowest BCUT2D eigenvalue weighted by atomic mass is 9.90. The van der Waals surface area contributed by atoms with Gasteiger partial charge in [-0.15, -0.1) is 0 Å². The highest BCUT2D eigenvalue weighted by atomic mass is 35.5. The Labute approximate surface area is 175 Å². The Morgan fingerprint density at radius 2 is 1.59 bits per heavy atom. The predicted molar refractivity (Wildman–Crippen MR) is 120 cm³/mol. The first-order valence-corrected chi connectivity index (χ1v) is 9.99. The lowest BCUT2D eigenvalue weighted by Gasteiger charge is -2.23. The summed E-state index contributed by atoms with van der Waals surface area (Å²) in [4.78, 5) is 18.0. The molecule has 4 rings (SSSR count). The van der Waals surface area contributed by atoms with E-state index in [1.54, 1.807) is 0 Å². The lowest BCUT2D eigenvalue weighted by molar-refractivity contribution is -0.116. The minimum atomic E-state index is -0.207. The van der Waals surface area contributed by atoms with Crippen molar-refractivity contribution < 1.29 is 4.79 Å². The van der Waals surface area contributed by atoms with Crippen molar-refractivity contribution in [1.29, 1.82) is 0 Å². The molecule has 1 aliphatic heterocycles. The number of hydrogen-bond acceptors (Lipinski definition) is 3. The number of amidine groups is 1. The van der Waals surface area contributed by atoms with Crippen LogP contribution in [0.15, 0.2) is 89.9 Å². The molecule has 4 heteroatoms. The summed E-state index contributed by atoms with van der Waals surface area (Å²) in [6.45, 7) is 1.04. The zero-order valence-corrected chi connectivity index (χ0v) is 16.6. The zero-order chi connectivity index (χ0) is 20.1. The van der Waals surface area contributed by atoms with Crippen molar-refractivity contribution in [2.75, 3.05) is 13.1 Å². The number of nitrogens with one attached hydrogen (secondary N) is 1. The average molecular weight is 401 g/mol. The number of ketones is 1. The minimum absolute atomic E-state index is 0.0921. The molecular weight excluding hydrogens is 380 g/mol. The summed E-state index contributed by atoms with van der Waals surface area (Å²) < 4.78 is 0. The Bertz CT molecular complexity index is 1040. The minimum Gasteiger partial charge on any atom is -0.369 e. The van der Waals surface area contributed by atoms with Crippen molar-refractivity contribution >= 4 is 34.9 Å². The maximum absolute atomic E-state index is 13.4. The van der Waals surface area contributed by atoms with E-state index < -0.39 is 0 Å². The third-order valence-corrected chi connectivity index (χ3v) is 5.19. The van der Waals surface area contributed by atoms with Crippen molar-refractivity contribution in [2.45, 2.75) is 0 Å². The molecule has 1 aliphatic rings. The number of rotatable bonds is 5. The Kier molecular flexibility index (Phi) is 5.87. The average Bonchev–Trinajstić information content (AvgIpc) is 2.79. The molecule has 0 spiro atoms. The topological polar surface area (TPSA) is 41.5 Å². The standard InChI is InChI=1S/C25H21ClN2O/c26-22-13-11-18(12-14-22)15-23(19-7-3-1-4-8-19)24(29)21-16-27-25(28-17-21)20-9-5-2-6-10-20/h1-15,21H,16-17H2,(H,27,28)/b23-15+. The van der Waals surface area contributed by atoms with Gasteiger partial charge in [-0.3, -0.25) is 9.79 Å². The van der Waals surface area contributed by atoms with Gasteiger partial charge in [0, 0.05) is 22.7 Å². The van der Waals surface area contributed by atoms with Gasteiger partial charge in [0.2, 0.25) is 0 Å². The number of carbonyl (C=O) groups excluding carboxylic acids is 1. The molecule has 144 valence electrons. The monoisotopic (exact) mass is 400 g/mol. The van der Waals surface area contributed by atoms with E-state index in [9.17, 15) is 4.79 Å². The summed E-state index contributed by atoms with van der Waals surface area (Å²) in [6, 6.07) is 27.3. The number of halogens is 1. The van der Waals surface area contributed by atoms with E-state index in [1.165, 1.54) is 0 Å². The van der Waals surface area contributed by atoms with E-state index in [2.05, 4.69) is 10.3 Å². The molecule has 0 saturated carbocycles. The van der Waals surface area contributed by atoms with E-state index in [0.29, 0.717) is 23.7 Å². The molecule has 1 N–H and O–H groups in total. The second kappa shape index (κ2) is 8.89. The third-order valence-electron chi connectivity index (χ3n) is 4.93. The number of Topliss-reactive ketones (excluding diaryl/α,β-unsaturated/α-hetero) is 1.